The Kier molecular flexibility index (Phi) is 7.23. The molecule has 1 aliphatic rings. The number of nitrogens with one attached hydrogen (secondary N) is 2. The normalized spacial score (nSPS) is 14.0. The second-order valence-corrected chi connectivity index (χ2v) is 9.02. The van der Waals surface area contributed by atoms with Crippen molar-refractivity contribution in [1.82, 2.24) is 14.9 Å². The maximum atomic E-state index is 13.0. The van der Waals surface area contributed by atoms with E-state index >= 15 is 0 Å². The minimum Gasteiger partial charge on any atom is -0.386 e. The third-order valence-electron chi connectivity index (χ3n) is 6.00. The van der Waals surface area contributed by atoms with Gasteiger partial charge >= 0.3 is 0 Å². The number of anilines is 2. The van der Waals surface area contributed by atoms with Crippen LogP contribution >= 0.6 is 0 Å². The van der Waals surface area contributed by atoms with Crippen LogP contribution in [0.15, 0.2) is 54.7 Å². The summed E-state index contributed by atoms with van der Waals surface area (Å²) < 4.78 is 5.35. The molecule has 3 heterocycles. The first-order valence-electron chi connectivity index (χ1n) is 11.8. The van der Waals surface area contributed by atoms with Crippen molar-refractivity contribution in [1.29, 1.82) is 5.41 Å². The van der Waals surface area contributed by atoms with Crippen molar-refractivity contribution in [2.75, 3.05) is 31.6 Å². The molecule has 1 aliphatic heterocycles. The molecule has 0 unspecified atom stereocenters. The molecule has 35 heavy (non-hydrogen) atoms. The number of carbonyl (C=O) groups excluding carboxylic acids is 1. The zero-order valence-electron chi connectivity index (χ0n) is 20.3. The molecule has 0 atom stereocenters. The molecular formula is C27H31N5O3. The van der Waals surface area contributed by atoms with Gasteiger partial charge in [0.15, 0.2) is 0 Å². The van der Waals surface area contributed by atoms with Crippen molar-refractivity contribution in [2.45, 2.75) is 32.8 Å². The van der Waals surface area contributed by atoms with Gasteiger partial charge in [-0.15, -0.1) is 0 Å². The average molecular weight is 474 g/mol. The topological polar surface area (TPSA) is 111 Å². The fourth-order valence-electron chi connectivity index (χ4n) is 3.87. The lowest BCUT2D eigenvalue weighted by molar-refractivity contribution is 0.0299. The van der Waals surface area contributed by atoms with Crippen LogP contribution in [-0.4, -0.2) is 57.9 Å². The number of morpholine rings is 1. The van der Waals surface area contributed by atoms with Gasteiger partial charge in [0.25, 0.3) is 5.91 Å². The zero-order valence-corrected chi connectivity index (χ0v) is 20.3. The fraction of sp³-hybridized carbons (Fsp3) is 0.333. The van der Waals surface area contributed by atoms with E-state index in [2.05, 4.69) is 15.3 Å². The lowest BCUT2D eigenvalue weighted by Gasteiger charge is -2.26. The molecule has 8 heteroatoms. The summed E-state index contributed by atoms with van der Waals surface area (Å²) in [4.78, 5) is 23.7. The first-order valence-corrected chi connectivity index (χ1v) is 11.8. The molecule has 182 valence electrons. The quantitative estimate of drug-likeness (QED) is 0.440. The molecule has 0 bridgehead atoms. The van der Waals surface area contributed by atoms with Gasteiger partial charge in [-0.2, -0.15) is 0 Å². The van der Waals surface area contributed by atoms with Crippen LogP contribution in [0.1, 0.15) is 48.8 Å². The maximum Gasteiger partial charge on any atom is 0.272 e. The minimum atomic E-state index is -0.950. The predicted molar refractivity (Wildman–Crippen MR) is 136 cm³/mol. The second kappa shape index (κ2) is 10.3. The van der Waals surface area contributed by atoms with Crippen molar-refractivity contribution in [2.24, 2.45) is 0 Å². The lowest BCUT2D eigenvalue weighted by atomic mass is 9.97. The molecule has 1 fully saturated rings. The van der Waals surface area contributed by atoms with Crippen LogP contribution in [-0.2, 0) is 10.3 Å². The van der Waals surface area contributed by atoms with Gasteiger partial charge in [0.2, 0.25) is 0 Å². The summed E-state index contributed by atoms with van der Waals surface area (Å²) in [6.07, 6.45) is 2.24. The maximum absolute atomic E-state index is 13.0. The van der Waals surface area contributed by atoms with Crippen molar-refractivity contribution in [3.63, 3.8) is 0 Å². The van der Waals surface area contributed by atoms with Crippen LogP contribution in [0.2, 0.25) is 0 Å². The molecule has 0 spiro atoms. The van der Waals surface area contributed by atoms with Gasteiger partial charge < -0.3 is 25.5 Å². The highest BCUT2D eigenvalue weighted by Gasteiger charge is 2.21. The number of carbonyl (C=O) groups is 1. The first kappa shape index (κ1) is 24.5. The number of rotatable bonds is 7. The van der Waals surface area contributed by atoms with Crippen molar-refractivity contribution in [3.05, 3.63) is 71.5 Å². The number of aromatic nitrogens is 2. The standard InChI is InChI=1S/C27H31N5O3/c1-4-22(28)21-9-10-23(26(33)32-13-15-35-16-14-32)31-25(21)30-20-7-5-18(6-8-20)24-17-19(11-12-29-24)27(2,3)34/h5-12,17,28,34H,4,13-16H2,1-3H3,(H,30,31). The number of nitrogens with zero attached hydrogens (tertiary/aromatic N) is 3. The van der Waals surface area contributed by atoms with Gasteiger partial charge in [0, 0.05) is 41.8 Å². The highest BCUT2D eigenvalue weighted by atomic mass is 16.5. The number of pyridine rings is 2. The van der Waals surface area contributed by atoms with E-state index in [-0.39, 0.29) is 5.91 Å². The Bertz CT molecular complexity index is 1210. The van der Waals surface area contributed by atoms with Gasteiger partial charge in [0.05, 0.1) is 24.5 Å². The van der Waals surface area contributed by atoms with Crippen molar-refractivity contribution >= 4 is 23.1 Å². The summed E-state index contributed by atoms with van der Waals surface area (Å²) in [5.41, 5.74) is 3.73. The van der Waals surface area contributed by atoms with Gasteiger partial charge in [-0.05, 0) is 62.2 Å². The monoisotopic (exact) mass is 473 g/mol. The van der Waals surface area contributed by atoms with Gasteiger partial charge in [-0.3, -0.25) is 9.78 Å². The van der Waals surface area contributed by atoms with Crippen molar-refractivity contribution < 1.29 is 14.6 Å². The molecule has 0 saturated carbocycles. The molecule has 1 saturated heterocycles. The van der Waals surface area contributed by atoms with E-state index in [4.69, 9.17) is 10.1 Å². The number of hydrogen-bond acceptors (Lipinski definition) is 7. The predicted octanol–water partition coefficient (Wildman–Crippen LogP) is 4.36. The van der Waals surface area contributed by atoms with Crippen LogP contribution in [0.3, 0.4) is 0 Å². The van der Waals surface area contributed by atoms with Crippen LogP contribution in [0, 0.1) is 5.41 Å². The minimum absolute atomic E-state index is 0.140. The molecular weight excluding hydrogens is 442 g/mol. The summed E-state index contributed by atoms with van der Waals surface area (Å²) in [6.45, 7) is 7.54. The highest BCUT2D eigenvalue weighted by molar-refractivity contribution is 6.03. The Hall–Kier alpha value is -3.62. The summed E-state index contributed by atoms with van der Waals surface area (Å²) in [5.74, 6) is 0.338. The van der Waals surface area contributed by atoms with E-state index in [1.165, 1.54) is 0 Å². The zero-order chi connectivity index (χ0) is 25.0. The lowest BCUT2D eigenvalue weighted by Crippen LogP contribution is -2.41. The molecule has 0 radical (unpaired) electrons. The van der Waals surface area contributed by atoms with E-state index in [9.17, 15) is 9.90 Å². The number of benzene rings is 1. The summed E-state index contributed by atoms with van der Waals surface area (Å²) >= 11 is 0. The number of ether oxygens (including phenoxy) is 1. The molecule has 4 rings (SSSR count). The van der Waals surface area contributed by atoms with E-state index in [1.54, 1.807) is 43.1 Å². The third-order valence-corrected chi connectivity index (χ3v) is 6.00. The molecule has 3 N–H and O–H groups in total. The third kappa shape index (κ3) is 5.72. The van der Waals surface area contributed by atoms with Crippen LogP contribution in [0.5, 0.6) is 0 Å². The van der Waals surface area contributed by atoms with Crippen LogP contribution < -0.4 is 5.32 Å². The highest BCUT2D eigenvalue weighted by Crippen LogP contribution is 2.27. The largest absolute Gasteiger partial charge is 0.386 e. The van der Waals surface area contributed by atoms with Gasteiger partial charge in [-0.1, -0.05) is 19.1 Å². The van der Waals surface area contributed by atoms with E-state index in [1.807, 2.05) is 37.3 Å². The van der Waals surface area contributed by atoms with Gasteiger partial charge in [-0.25, -0.2) is 4.98 Å². The SMILES string of the molecule is CCC(=N)c1ccc(C(=O)N2CCOCC2)nc1Nc1ccc(-c2cc(C(C)(C)O)ccn2)cc1. The second-order valence-electron chi connectivity index (χ2n) is 9.02. The molecule has 3 aromatic rings. The Labute approximate surface area is 205 Å². The number of amides is 1. The van der Waals surface area contributed by atoms with Crippen molar-refractivity contribution in [3.8, 4) is 11.3 Å². The summed E-state index contributed by atoms with van der Waals surface area (Å²) in [7, 11) is 0. The smallest absolute Gasteiger partial charge is 0.272 e. The Morgan fingerprint density at radius 2 is 1.86 bits per heavy atom. The molecule has 2 aromatic heterocycles. The van der Waals surface area contributed by atoms with E-state index in [0.29, 0.717) is 55.5 Å². The first-order chi connectivity index (χ1) is 16.8. The Balaban J connectivity index is 1.60. The van der Waals surface area contributed by atoms with E-state index in [0.717, 1.165) is 22.5 Å². The molecule has 1 amide bonds. The Morgan fingerprint density at radius 3 is 2.51 bits per heavy atom. The van der Waals surface area contributed by atoms with Crippen LogP contribution in [0.4, 0.5) is 11.5 Å². The Morgan fingerprint density at radius 1 is 1.14 bits per heavy atom. The molecule has 0 aliphatic carbocycles. The number of hydrogen-bond donors (Lipinski definition) is 3. The number of aliphatic hydroxyl groups is 1. The molecule has 8 nitrogen and oxygen atoms in total. The van der Waals surface area contributed by atoms with Gasteiger partial charge in [0.1, 0.15) is 11.5 Å². The van der Waals surface area contributed by atoms with E-state index < -0.39 is 5.60 Å². The fourth-order valence-corrected chi connectivity index (χ4v) is 3.87. The molecule has 1 aromatic carbocycles. The summed E-state index contributed by atoms with van der Waals surface area (Å²) in [5, 5.41) is 22.0. The summed E-state index contributed by atoms with van der Waals surface area (Å²) in [6, 6.07) is 14.9. The average Bonchev–Trinajstić information content (AvgIpc) is 2.88. The van der Waals surface area contributed by atoms with Crippen LogP contribution in [0.25, 0.3) is 11.3 Å².